The van der Waals surface area contributed by atoms with Crippen LogP contribution in [0.15, 0.2) is 42.6 Å². The average Bonchev–Trinajstić information content (AvgIpc) is 2.56. The van der Waals surface area contributed by atoms with E-state index >= 15 is 0 Å². The maximum absolute atomic E-state index is 12.7. The Labute approximate surface area is 124 Å². The molecule has 2 aromatic rings. The summed E-state index contributed by atoms with van der Waals surface area (Å²) in [7, 11) is 0. The van der Waals surface area contributed by atoms with Gasteiger partial charge < -0.3 is 10.2 Å². The van der Waals surface area contributed by atoms with E-state index in [1.165, 1.54) is 55.9 Å². The van der Waals surface area contributed by atoms with Crippen LogP contribution in [0, 0.1) is 5.95 Å². The fourth-order valence-electron chi connectivity index (χ4n) is 2.66. The third kappa shape index (κ3) is 3.72. The fourth-order valence-corrected chi connectivity index (χ4v) is 2.66. The number of benzene rings is 1. The second-order valence-corrected chi connectivity index (χ2v) is 5.44. The van der Waals surface area contributed by atoms with Crippen LogP contribution in [0.4, 0.5) is 15.8 Å². The third-order valence-corrected chi connectivity index (χ3v) is 3.88. The summed E-state index contributed by atoms with van der Waals surface area (Å²) in [5.74, 6) is -0.452. The smallest absolute Gasteiger partial charge is 0.212 e. The predicted octanol–water partition coefficient (Wildman–Crippen LogP) is 3.82. The van der Waals surface area contributed by atoms with E-state index in [1.54, 1.807) is 6.07 Å². The van der Waals surface area contributed by atoms with E-state index in [0.717, 1.165) is 5.69 Å². The number of nitrogens with one attached hydrogen (secondary N) is 1. The van der Waals surface area contributed by atoms with Crippen LogP contribution in [0.1, 0.15) is 24.8 Å². The molecule has 1 fully saturated rings. The highest BCUT2D eigenvalue weighted by atomic mass is 19.1. The number of pyridine rings is 1. The van der Waals surface area contributed by atoms with Gasteiger partial charge in [0, 0.05) is 25.3 Å². The first kappa shape index (κ1) is 13.9. The molecule has 1 aromatic carbocycles. The van der Waals surface area contributed by atoms with E-state index in [0.29, 0.717) is 6.54 Å². The van der Waals surface area contributed by atoms with Crippen LogP contribution in [0.25, 0.3) is 0 Å². The molecule has 0 unspecified atom stereocenters. The molecule has 3 nitrogen and oxygen atoms in total. The number of halogens is 1. The molecule has 0 atom stereocenters. The Hall–Kier alpha value is -2.10. The number of hydrogen-bond donors (Lipinski definition) is 1. The lowest BCUT2D eigenvalue weighted by Gasteiger charge is -2.28. The highest BCUT2D eigenvalue weighted by Crippen LogP contribution is 2.20. The van der Waals surface area contributed by atoms with Crippen LogP contribution >= 0.6 is 0 Å². The van der Waals surface area contributed by atoms with Crippen molar-refractivity contribution < 1.29 is 4.39 Å². The molecule has 0 radical (unpaired) electrons. The van der Waals surface area contributed by atoms with Crippen LogP contribution in [0.3, 0.4) is 0 Å². The predicted molar refractivity (Wildman–Crippen MR) is 84.0 cm³/mol. The van der Waals surface area contributed by atoms with Gasteiger partial charge in [-0.2, -0.15) is 4.39 Å². The molecular formula is C17H20FN3. The Bertz CT molecular complexity index is 560. The Balaban J connectivity index is 1.57. The molecule has 0 amide bonds. The Morgan fingerprint density at radius 3 is 2.43 bits per heavy atom. The quantitative estimate of drug-likeness (QED) is 0.866. The highest BCUT2D eigenvalue weighted by molar-refractivity contribution is 5.49. The second-order valence-electron chi connectivity index (χ2n) is 5.44. The summed E-state index contributed by atoms with van der Waals surface area (Å²) >= 11 is 0. The van der Waals surface area contributed by atoms with Gasteiger partial charge in [-0.25, -0.2) is 4.98 Å². The molecule has 2 heterocycles. The van der Waals surface area contributed by atoms with Gasteiger partial charge in [-0.05, 0) is 49.1 Å². The summed E-state index contributed by atoms with van der Waals surface area (Å²) in [6.07, 6.45) is 5.45. The lowest BCUT2D eigenvalue weighted by atomic mass is 10.1. The molecule has 110 valence electrons. The van der Waals surface area contributed by atoms with Crippen LogP contribution < -0.4 is 10.2 Å². The van der Waals surface area contributed by atoms with Crippen molar-refractivity contribution in [1.29, 1.82) is 0 Å². The zero-order chi connectivity index (χ0) is 14.5. The van der Waals surface area contributed by atoms with Crippen LogP contribution in [-0.4, -0.2) is 18.1 Å². The first-order chi connectivity index (χ1) is 10.3. The fraction of sp³-hybridized carbons (Fsp3) is 0.353. The molecule has 1 aliphatic rings. The molecule has 0 bridgehead atoms. The largest absolute Gasteiger partial charge is 0.380 e. The minimum atomic E-state index is -0.452. The summed E-state index contributed by atoms with van der Waals surface area (Å²) in [4.78, 5) is 6.08. The standard InChI is InChI=1S/C17H20FN3/c18-17-9-6-15(13-20-17)19-12-14-4-7-16(8-5-14)21-10-2-1-3-11-21/h4-9,13,19H,1-3,10-12H2. The summed E-state index contributed by atoms with van der Waals surface area (Å²) in [5, 5.41) is 3.24. The number of anilines is 2. The van der Waals surface area contributed by atoms with Gasteiger partial charge in [-0.1, -0.05) is 12.1 Å². The Morgan fingerprint density at radius 2 is 1.76 bits per heavy atom. The van der Waals surface area contributed by atoms with E-state index in [1.807, 2.05) is 0 Å². The second kappa shape index (κ2) is 6.57. The van der Waals surface area contributed by atoms with E-state index in [9.17, 15) is 4.39 Å². The number of nitrogens with zero attached hydrogens (tertiary/aromatic N) is 2. The molecule has 0 spiro atoms. The van der Waals surface area contributed by atoms with Gasteiger partial charge in [0.2, 0.25) is 5.95 Å². The topological polar surface area (TPSA) is 28.2 Å². The molecule has 1 saturated heterocycles. The van der Waals surface area contributed by atoms with Crippen molar-refractivity contribution >= 4 is 11.4 Å². The minimum Gasteiger partial charge on any atom is -0.380 e. The van der Waals surface area contributed by atoms with Gasteiger partial charge in [0.1, 0.15) is 0 Å². The van der Waals surface area contributed by atoms with E-state index in [-0.39, 0.29) is 0 Å². The summed E-state index contributed by atoms with van der Waals surface area (Å²) < 4.78 is 12.7. The van der Waals surface area contributed by atoms with E-state index < -0.39 is 5.95 Å². The van der Waals surface area contributed by atoms with Crippen molar-refractivity contribution in [2.75, 3.05) is 23.3 Å². The molecular weight excluding hydrogens is 265 g/mol. The lowest BCUT2D eigenvalue weighted by Crippen LogP contribution is -2.29. The van der Waals surface area contributed by atoms with Crippen molar-refractivity contribution in [3.63, 3.8) is 0 Å². The summed E-state index contributed by atoms with van der Waals surface area (Å²) in [5.41, 5.74) is 3.35. The van der Waals surface area contributed by atoms with Crippen molar-refractivity contribution in [3.8, 4) is 0 Å². The normalized spacial score (nSPS) is 15.0. The third-order valence-electron chi connectivity index (χ3n) is 3.88. The van der Waals surface area contributed by atoms with Gasteiger partial charge in [-0.3, -0.25) is 0 Å². The number of aromatic nitrogens is 1. The zero-order valence-corrected chi connectivity index (χ0v) is 12.1. The molecule has 0 aliphatic carbocycles. The molecule has 1 N–H and O–H groups in total. The van der Waals surface area contributed by atoms with Crippen LogP contribution in [0.5, 0.6) is 0 Å². The molecule has 21 heavy (non-hydrogen) atoms. The minimum absolute atomic E-state index is 0.452. The summed E-state index contributed by atoms with van der Waals surface area (Å²) in [6, 6.07) is 11.7. The Kier molecular flexibility index (Phi) is 4.34. The van der Waals surface area contributed by atoms with Gasteiger partial charge in [0.15, 0.2) is 0 Å². The molecule has 1 aromatic heterocycles. The Morgan fingerprint density at radius 1 is 1.00 bits per heavy atom. The molecule has 3 rings (SSSR count). The first-order valence-corrected chi connectivity index (χ1v) is 7.50. The number of piperidine rings is 1. The average molecular weight is 285 g/mol. The van der Waals surface area contributed by atoms with Gasteiger partial charge in [0.05, 0.1) is 11.9 Å². The maximum atomic E-state index is 12.7. The van der Waals surface area contributed by atoms with Crippen LogP contribution in [0.2, 0.25) is 0 Å². The van der Waals surface area contributed by atoms with Gasteiger partial charge in [-0.15, -0.1) is 0 Å². The maximum Gasteiger partial charge on any atom is 0.212 e. The zero-order valence-electron chi connectivity index (χ0n) is 12.1. The summed E-state index contributed by atoms with van der Waals surface area (Å²) in [6.45, 7) is 3.05. The highest BCUT2D eigenvalue weighted by Gasteiger charge is 2.10. The van der Waals surface area contributed by atoms with Crippen LogP contribution in [-0.2, 0) is 6.54 Å². The van der Waals surface area contributed by atoms with E-state index in [4.69, 9.17) is 0 Å². The number of rotatable bonds is 4. The lowest BCUT2D eigenvalue weighted by molar-refractivity contribution is 0.578. The van der Waals surface area contributed by atoms with Crippen molar-refractivity contribution in [3.05, 3.63) is 54.1 Å². The van der Waals surface area contributed by atoms with Gasteiger partial charge in [0.25, 0.3) is 0 Å². The monoisotopic (exact) mass is 285 g/mol. The van der Waals surface area contributed by atoms with Crippen molar-refractivity contribution in [2.24, 2.45) is 0 Å². The van der Waals surface area contributed by atoms with Gasteiger partial charge >= 0.3 is 0 Å². The molecule has 1 aliphatic heterocycles. The van der Waals surface area contributed by atoms with Crippen molar-refractivity contribution in [2.45, 2.75) is 25.8 Å². The first-order valence-electron chi connectivity index (χ1n) is 7.50. The number of hydrogen-bond acceptors (Lipinski definition) is 3. The molecule has 4 heteroatoms. The van der Waals surface area contributed by atoms with E-state index in [2.05, 4.69) is 39.5 Å². The van der Waals surface area contributed by atoms with Crippen molar-refractivity contribution in [1.82, 2.24) is 4.98 Å². The molecule has 0 saturated carbocycles. The SMILES string of the molecule is Fc1ccc(NCc2ccc(N3CCCCC3)cc2)cn1.